The second-order valence-electron chi connectivity index (χ2n) is 8.42. The van der Waals surface area contributed by atoms with Crippen molar-refractivity contribution in [3.63, 3.8) is 0 Å². The van der Waals surface area contributed by atoms with Gasteiger partial charge < -0.3 is 14.6 Å². The standard InChI is InChI=1S/C23H27ClN4O4S/c1-15(2)18-12-19(24)16(3)11-20(18)32-14-22(29)27-7-9-28(10-8-27)33(30,31)21-13-26-23-17(21)5-4-6-25-23/h4-6,11-13,15H,7-10,14H2,1-3H3,(H,25,26). The summed E-state index contributed by atoms with van der Waals surface area (Å²) in [5.41, 5.74) is 2.36. The van der Waals surface area contributed by atoms with Crippen LogP contribution in [-0.4, -0.2) is 66.3 Å². The number of nitrogens with zero attached hydrogens (tertiary/aromatic N) is 3. The van der Waals surface area contributed by atoms with Crippen molar-refractivity contribution in [3.8, 4) is 5.75 Å². The van der Waals surface area contributed by atoms with E-state index in [0.29, 0.717) is 34.9 Å². The van der Waals surface area contributed by atoms with Gasteiger partial charge in [0.2, 0.25) is 10.0 Å². The Morgan fingerprint density at radius 2 is 1.97 bits per heavy atom. The van der Waals surface area contributed by atoms with Crippen molar-refractivity contribution in [2.24, 2.45) is 0 Å². The third-order valence-corrected chi connectivity index (χ3v) is 8.23. The molecule has 176 valence electrons. The van der Waals surface area contributed by atoms with Gasteiger partial charge in [-0.2, -0.15) is 4.31 Å². The molecule has 2 aromatic heterocycles. The van der Waals surface area contributed by atoms with E-state index in [2.05, 4.69) is 9.97 Å². The number of carbonyl (C=O) groups is 1. The molecule has 1 aromatic carbocycles. The van der Waals surface area contributed by atoms with E-state index in [1.165, 1.54) is 10.5 Å². The minimum Gasteiger partial charge on any atom is -0.483 e. The number of piperazine rings is 1. The van der Waals surface area contributed by atoms with Crippen LogP contribution in [0.25, 0.3) is 11.0 Å². The van der Waals surface area contributed by atoms with E-state index in [9.17, 15) is 13.2 Å². The molecule has 0 bridgehead atoms. The summed E-state index contributed by atoms with van der Waals surface area (Å²) in [7, 11) is -3.69. The number of aromatic amines is 1. The highest BCUT2D eigenvalue weighted by molar-refractivity contribution is 7.89. The van der Waals surface area contributed by atoms with Crippen LogP contribution in [-0.2, 0) is 14.8 Å². The zero-order valence-electron chi connectivity index (χ0n) is 18.8. The van der Waals surface area contributed by atoms with Crippen molar-refractivity contribution in [1.82, 2.24) is 19.2 Å². The first kappa shape index (κ1) is 23.5. The van der Waals surface area contributed by atoms with Gasteiger partial charge in [0.1, 0.15) is 16.3 Å². The molecule has 1 aliphatic heterocycles. The number of nitrogens with one attached hydrogen (secondary N) is 1. The number of sulfonamides is 1. The molecule has 0 aliphatic carbocycles. The molecule has 1 amide bonds. The van der Waals surface area contributed by atoms with Gasteiger partial charge in [-0.25, -0.2) is 13.4 Å². The highest BCUT2D eigenvalue weighted by Crippen LogP contribution is 2.32. The molecule has 0 radical (unpaired) electrons. The normalized spacial score (nSPS) is 15.4. The van der Waals surface area contributed by atoms with E-state index in [0.717, 1.165) is 11.1 Å². The number of halogens is 1. The van der Waals surface area contributed by atoms with Crippen LogP contribution in [0.4, 0.5) is 0 Å². The maximum absolute atomic E-state index is 13.1. The molecule has 4 rings (SSSR count). The molecule has 0 spiro atoms. The highest BCUT2D eigenvalue weighted by atomic mass is 35.5. The van der Waals surface area contributed by atoms with Crippen LogP contribution in [0.2, 0.25) is 5.02 Å². The number of pyridine rings is 1. The molecule has 1 N–H and O–H groups in total. The lowest BCUT2D eigenvalue weighted by Crippen LogP contribution is -2.51. The summed E-state index contributed by atoms with van der Waals surface area (Å²) in [5.74, 6) is 0.668. The Labute approximate surface area is 198 Å². The molecule has 1 fully saturated rings. The molecule has 1 saturated heterocycles. The van der Waals surface area contributed by atoms with Crippen molar-refractivity contribution in [2.75, 3.05) is 32.8 Å². The first-order chi connectivity index (χ1) is 15.7. The number of rotatable bonds is 6. The molecule has 33 heavy (non-hydrogen) atoms. The third-order valence-electron chi connectivity index (χ3n) is 5.89. The van der Waals surface area contributed by atoms with Gasteiger partial charge in [0.25, 0.3) is 5.91 Å². The van der Waals surface area contributed by atoms with Crippen LogP contribution in [0.3, 0.4) is 0 Å². The quantitative estimate of drug-likeness (QED) is 0.570. The Morgan fingerprint density at radius 1 is 1.24 bits per heavy atom. The van der Waals surface area contributed by atoms with E-state index < -0.39 is 10.0 Å². The van der Waals surface area contributed by atoms with Crippen molar-refractivity contribution in [1.29, 1.82) is 0 Å². The van der Waals surface area contributed by atoms with E-state index in [1.807, 2.05) is 32.9 Å². The minimum atomic E-state index is -3.69. The number of fused-ring (bicyclic) bond motifs is 1. The Bertz CT molecular complexity index is 1280. The zero-order chi connectivity index (χ0) is 23.8. The van der Waals surface area contributed by atoms with E-state index in [-0.39, 0.29) is 36.4 Å². The van der Waals surface area contributed by atoms with Gasteiger partial charge >= 0.3 is 0 Å². The molecule has 0 saturated carbocycles. The van der Waals surface area contributed by atoms with E-state index in [4.69, 9.17) is 16.3 Å². The van der Waals surface area contributed by atoms with Crippen LogP contribution in [0.1, 0.15) is 30.9 Å². The average molecular weight is 491 g/mol. The van der Waals surface area contributed by atoms with E-state index in [1.54, 1.807) is 23.2 Å². The molecule has 1 aliphatic rings. The molecule has 3 aromatic rings. The molecule has 8 nitrogen and oxygen atoms in total. The number of hydrogen-bond acceptors (Lipinski definition) is 5. The number of carbonyl (C=O) groups excluding carboxylic acids is 1. The zero-order valence-corrected chi connectivity index (χ0v) is 20.4. The summed E-state index contributed by atoms with van der Waals surface area (Å²) in [6.07, 6.45) is 3.08. The first-order valence-electron chi connectivity index (χ1n) is 10.8. The van der Waals surface area contributed by atoms with Crippen LogP contribution < -0.4 is 4.74 Å². The molecule has 0 atom stereocenters. The summed E-state index contributed by atoms with van der Waals surface area (Å²) < 4.78 is 33.6. The fraction of sp³-hybridized carbons (Fsp3) is 0.391. The summed E-state index contributed by atoms with van der Waals surface area (Å²) in [5, 5.41) is 1.23. The number of ether oxygens (including phenoxy) is 1. The molecule has 10 heteroatoms. The number of aromatic nitrogens is 2. The molecule has 3 heterocycles. The topological polar surface area (TPSA) is 95.6 Å². The Balaban J connectivity index is 1.39. The van der Waals surface area contributed by atoms with Gasteiger partial charge in [-0.1, -0.05) is 25.4 Å². The van der Waals surface area contributed by atoms with Gasteiger partial charge in [-0.15, -0.1) is 0 Å². The summed E-state index contributed by atoms with van der Waals surface area (Å²) in [6.45, 7) is 6.92. The number of benzene rings is 1. The Morgan fingerprint density at radius 3 is 2.67 bits per heavy atom. The van der Waals surface area contributed by atoms with Crippen LogP contribution in [0.15, 0.2) is 41.6 Å². The van der Waals surface area contributed by atoms with Gasteiger partial charge in [0.15, 0.2) is 6.61 Å². The molecular formula is C23H27ClN4O4S. The second-order valence-corrected chi connectivity index (χ2v) is 10.7. The summed E-state index contributed by atoms with van der Waals surface area (Å²) >= 11 is 6.24. The van der Waals surface area contributed by atoms with Gasteiger partial charge in [0, 0.05) is 49.0 Å². The van der Waals surface area contributed by atoms with Crippen molar-refractivity contribution in [2.45, 2.75) is 31.6 Å². The lowest BCUT2D eigenvalue weighted by atomic mass is 10.0. The summed E-state index contributed by atoms with van der Waals surface area (Å²) in [4.78, 5) is 21.7. The maximum Gasteiger partial charge on any atom is 0.260 e. The monoisotopic (exact) mass is 490 g/mol. The third kappa shape index (κ3) is 4.71. The molecular weight excluding hydrogens is 464 g/mol. The largest absolute Gasteiger partial charge is 0.483 e. The highest BCUT2D eigenvalue weighted by Gasteiger charge is 2.32. The van der Waals surface area contributed by atoms with Crippen molar-refractivity contribution in [3.05, 3.63) is 52.8 Å². The minimum absolute atomic E-state index is 0.109. The van der Waals surface area contributed by atoms with Gasteiger partial charge in [-0.3, -0.25) is 4.79 Å². The van der Waals surface area contributed by atoms with Gasteiger partial charge in [-0.05, 0) is 48.2 Å². The van der Waals surface area contributed by atoms with Crippen LogP contribution in [0.5, 0.6) is 5.75 Å². The molecule has 0 unspecified atom stereocenters. The number of hydrogen-bond donors (Lipinski definition) is 1. The fourth-order valence-corrected chi connectivity index (χ4v) is 5.68. The average Bonchev–Trinajstić information content (AvgIpc) is 3.24. The number of aryl methyl sites for hydroxylation is 1. The Kier molecular flexibility index (Phi) is 6.65. The SMILES string of the molecule is Cc1cc(OCC(=O)N2CCN(S(=O)(=O)c3c[nH]c4ncccc34)CC2)c(C(C)C)cc1Cl. The predicted molar refractivity (Wildman–Crippen MR) is 127 cm³/mol. The summed E-state index contributed by atoms with van der Waals surface area (Å²) in [6, 6.07) is 7.17. The predicted octanol–water partition coefficient (Wildman–Crippen LogP) is 3.56. The Hall–Kier alpha value is -2.62. The van der Waals surface area contributed by atoms with Crippen LogP contribution >= 0.6 is 11.6 Å². The number of amides is 1. The fourth-order valence-electron chi connectivity index (χ4n) is 3.94. The lowest BCUT2D eigenvalue weighted by molar-refractivity contribution is -0.134. The maximum atomic E-state index is 13.1. The van der Waals surface area contributed by atoms with Crippen molar-refractivity contribution < 1.29 is 17.9 Å². The van der Waals surface area contributed by atoms with Crippen LogP contribution in [0, 0.1) is 6.92 Å². The second kappa shape index (κ2) is 9.32. The lowest BCUT2D eigenvalue weighted by Gasteiger charge is -2.33. The smallest absolute Gasteiger partial charge is 0.260 e. The first-order valence-corrected chi connectivity index (χ1v) is 12.6. The number of H-pyrrole nitrogens is 1. The van der Waals surface area contributed by atoms with Gasteiger partial charge in [0.05, 0.1) is 0 Å². The van der Waals surface area contributed by atoms with E-state index >= 15 is 0 Å². The van der Waals surface area contributed by atoms with Crippen molar-refractivity contribution >= 4 is 38.6 Å².